The van der Waals surface area contributed by atoms with E-state index in [2.05, 4.69) is 73.7 Å². The molecule has 0 spiro atoms. The number of hydrogen-bond acceptors (Lipinski definition) is 6. The lowest BCUT2D eigenvalue weighted by Gasteiger charge is -2.34. The third kappa shape index (κ3) is 4.27. The number of benzene rings is 2. The van der Waals surface area contributed by atoms with Crippen molar-refractivity contribution in [2.75, 3.05) is 43.4 Å². The summed E-state index contributed by atoms with van der Waals surface area (Å²) in [5.41, 5.74) is 6.00. The summed E-state index contributed by atoms with van der Waals surface area (Å²) in [5, 5.41) is 10.6. The summed E-state index contributed by atoms with van der Waals surface area (Å²) in [7, 11) is 2.17. The topological polar surface area (TPSA) is 73.0 Å². The molecule has 7 heteroatoms. The van der Waals surface area contributed by atoms with Gasteiger partial charge in [-0.05, 0) is 37.4 Å². The standard InChI is InChI=1S/C24H25N7/c1-30-13-15-31(16-14-30)20-9-7-19(8-10-20)27-24-25-12-11-22(28-24)21-17-26-29-23(21)18-5-3-2-4-6-18/h2-12,17H,13-16H2,1H3,(H,26,29)(H,25,27,28). The van der Waals surface area contributed by atoms with Gasteiger partial charge in [-0.2, -0.15) is 5.10 Å². The van der Waals surface area contributed by atoms with Crippen LogP contribution in [0, 0.1) is 0 Å². The van der Waals surface area contributed by atoms with Gasteiger partial charge in [0.05, 0.1) is 17.6 Å². The van der Waals surface area contributed by atoms with Crippen molar-refractivity contribution in [1.29, 1.82) is 0 Å². The molecule has 0 amide bonds. The van der Waals surface area contributed by atoms with Crippen LogP contribution in [0.1, 0.15) is 0 Å². The van der Waals surface area contributed by atoms with E-state index in [0.717, 1.165) is 54.4 Å². The molecule has 2 N–H and O–H groups in total. The minimum absolute atomic E-state index is 0.560. The number of aromatic nitrogens is 4. The Hall–Kier alpha value is -3.71. The van der Waals surface area contributed by atoms with Crippen LogP contribution in [0.4, 0.5) is 17.3 Å². The number of nitrogens with one attached hydrogen (secondary N) is 2. The first-order valence-electron chi connectivity index (χ1n) is 10.5. The summed E-state index contributed by atoms with van der Waals surface area (Å²) in [6, 6.07) is 20.5. The maximum atomic E-state index is 4.72. The van der Waals surface area contributed by atoms with Gasteiger partial charge in [-0.15, -0.1) is 0 Å². The summed E-state index contributed by atoms with van der Waals surface area (Å²) in [4.78, 5) is 13.9. The van der Waals surface area contributed by atoms with Crippen LogP contribution in [-0.4, -0.2) is 58.3 Å². The second-order valence-corrected chi connectivity index (χ2v) is 7.75. The van der Waals surface area contributed by atoms with Crippen LogP contribution in [0.15, 0.2) is 73.1 Å². The molecule has 0 radical (unpaired) electrons. The van der Waals surface area contributed by atoms with Gasteiger partial charge in [0.15, 0.2) is 0 Å². The van der Waals surface area contributed by atoms with Crippen LogP contribution in [-0.2, 0) is 0 Å². The van der Waals surface area contributed by atoms with E-state index in [1.165, 1.54) is 5.69 Å². The molecule has 2 aromatic heterocycles. The molecular formula is C24H25N7. The van der Waals surface area contributed by atoms with Crippen molar-refractivity contribution in [1.82, 2.24) is 25.1 Å². The zero-order chi connectivity index (χ0) is 21.0. The second-order valence-electron chi connectivity index (χ2n) is 7.75. The lowest BCUT2D eigenvalue weighted by Crippen LogP contribution is -2.44. The van der Waals surface area contributed by atoms with Crippen molar-refractivity contribution in [3.8, 4) is 22.5 Å². The molecule has 4 aromatic rings. The number of rotatable bonds is 5. The van der Waals surface area contributed by atoms with Crippen molar-refractivity contribution in [3.05, 3.63) is 73.1 Å². The van der Waals surface area contributed by atoms with Gasteiger partial charge in [-0.1, -0.05) is 30.3 Å². The number of H-pyrrole nitrogens is 1. The van der Waals surface area contributed by atoms with Gasteiger partial charge in [-0.3, -0.25) is 5.10 Å². The van der Waals surface area contributed by atoms with E-state index in [4.69, 9.17) is 4.98 Å². The van der Waals surface area contributed by atoms with Crippen LogP contribution in [0.3, 0.4) is 0 Å². The third-order valence-corrected chi connectivity index (χ3v) is 5.63. The maximum Gasteiger partial charge on any atom is 0.227 e. The maximum absolute atomic E-state index is 4.72. The van der Waals surface area contributed by atoms with E-state index < -0.39 is 0 Å². The van der Waals surface area contributed by atoms with Gasteiger partial charge in [0, 0.05) is 54.9 Å². The Morgan fingerprint density at radius 1 is 0.903 bits per heavy atom. The van der Waals surface area contributed by atoms with Crippen LogP contribution in [0.25, 0.3) is 22.5 Å². The predicted molar refractivity (Wildman–Crippen MR) is 124 cm³/mol. The van der Waals surface area contributed by atoms with Gasteiger partial charge in [-0.25, -0.2) is 9.97 Å². The molecule has 1 saturated heterocycles. The van der Waals surface area contributed by atoms with Crippen LogP contribution in [0.2, 0.25) is 0 Å². The average molecular weight is 412 g/mol. The van der Waals surface area contributed by atoms with Gasteiger partial charge >= 0.3 is 0 Å². The highest BCUT2D eigenvalue weighted by Gasteiger charge is 2.14. The molecule has 0 atom stereocenters. The predicted octanol–water partition coefficient (Wildman–Crippen LogP) is 4.03. The second kappa shape index (κ2) is 8.57. The summed E-state index contributed by atoms with van der Waals surface area (Å²) in [6.07, 6.45) is 3.57. The summed E-state index contributed by atoms with van der Waals surface area (Å²) < 4.78 is 0. The molecule has 0 aliphatic carbocycles. The number of aromatic amines is 1. The highest BCUT2D eigenvalue weighted by Crippen LogP contribution is 2.29. The number of anilines is 3. The van der Waals surface area contributed by atoms with Gasteiger partial charge < -0.3 is 15.1 Å². The molecule has 1 aliphatic rings. The molecule has 5 rings (SSSR count). The van der Waals surface area contributed by atoms with E-state index in [1.807, 2.05) is 24.3 Å². The van der Waals surface area contributed by atoms with Crippen LogP contribution in [0.5, 0.6) is 0 Å². The Labute approximate surface area is 181 Å². The summed E-state index contributed by atoms with van der Waals surface area (Å²) in [6.45, 7) is 4.31. The molecule has 2 aromatic carbocycles. The minimum atomic E-state index is 0.560. The molecule has 0 unspecified atom stereocenters. The van der Waals surface area contributed by atoms with Gasteiger partial charge in [0.1, 0.15) is 0 Å². The van der Waals surface area contributed by atoms with Crippen molar-refractivity contribution in [3.63, 3.8) is 0 Å². The lowest BCUT2D eigenvalue weighted by atomic mass is 10.1. The Balaban J connectivity index is 1.33. The van der Waals surface area contributed by atoms with Crippen molar-refractivity contribution in [2.24, 2.45) is 0 Å². The Morgan fingerprint density at radius 3 is 2.45 bits per heavy atom. The van der Waals surface area contributed by atoms with Crippen LogP contribution >= 0.6 is 0 Å². The normalized spacial score (nSPS) is 14.5. The van der Waals surface area contributed by atoms with Gasteiger partial charge in [0.25, 0.3) is 0 Å². The fourth-order valence-electron chi connectivity index (χ4n) is 3.82. The molecule has 31 heavy (non-hydrogen) atoms. The average Bonchev–Trinajstić information content (AvgIpc) is 3.31. The molecule has 0 bridgehead atoms. The highest BCUT2D eigenvalue weighted by molar-refractivity contribution is 5.78. The molecule has 1 aliphatic heterocycles. The number of nitrogens with zero attached hydrogens (tertiary/aromatic N) is 5. The molecule has 156 valence electrons. The Morgan fingerprint density at radius 2 is 1.68 bits per heavy atom. The zero-order valence-electron chi connectivity index (χ0n) is 17.5. The quantitative estimate of drug-likeness (QED) is 0.517. The number of likely N-dealkylation sites (N-methyl/N-ethyl adjacent to an activating group) is 1. The SMILES string of the molecule is CN1CCN(c2ccc(Nc3nccc(-c4cn[nH]c4-c4ccccc4)n3)cc2)CC1. The summed E-state index contributed by atoms with van der Waals surface area (Å²) >= 11 is 0. The zero-order valence-corrected chi connectivity index (χ0v) is 17.5. The number of hydrogen-bond donors (Lipinski definition) is 2. The fraction of sp³-hybridized carbons (Fsp3) is 0.208. The minimum Gasteiger partial charge on any atom is -0.369 e. The first-order chi connectivity index (χ1) is 15.3. The first kappa shape index (κ1) is 19.3. The monoisotopic (exact) mass is 411 g/mol. The van der Waals surface area contributed by atoms with E-state index in [-0.39, 0.29) is 0 Å². The number of piperazine rings is 1. The van der Waals surface area contributed by atoms with Crippen molar-refractivity contribution in [2.45, 2.75) is 0 Å². The van der Waals surface area contributed by atoms with E-state index >= 15 is 0 Å². The first-order valence-corrected chi connectivity index (χ1v) is 10.5. The molecule has 0 saturated carbocycles. The van der Waals surface area contributed by atoms with Crippen molar-refractivity contribution < 1.29 is 0 Å². The largest absolute Gasteiger partial charge is 0.369 e. The Kier molecular flexibility index (Phi) is 5.33. The van der Waals surface area contributed by atoms with E-state index in [9.17, 15) is 0 Å². The lowest BCUT2D eigenvalue weighted by molar-refractivity contribution is 0.313. The molecule has 7 nitrogen and oxygen atoms in total. The highest BCUT2D eigenvalue weighted by atomic mass is 15.2. The molecule has 1 fully saturated rings. The van der Waals surface area contributed by atoms with E-state index in [1.54, 1.807) is 12.4 Å². The van der Waals surface area contributed by atoms with Gasteiger partial charge in [0.2, 0.25) is 5.95 Å². The van der Waals surface area contributed by atoms with Crippen LogP contribution < -0.4 is 10.2 Å². The Bertz CT molecular complexity index is 1130. The summed E-state index contributed by atoms with van der Waals surface area (Å²) in [5.74, 6) is 0.560. The van der Waals surface area contributed by atoms with Crippen molar-refractivity contribution >= 4 is 17.3 Å². The third-order valence-electron chi connectivity index (χ3n) is 5.63. The molecule has 3 heterocycles. The fourth-order valence-corrected chi connectivity index (χ4v) is 3.82. The smallest absolute Gasteiger partial charge is 0.227 e. The van der Waals surface area contributed by atoms with E-state index in [0.29, 0.717) is 5.95 Å². The molecular weight excluding hydrogens is 386 g/mol.